The number of likely N-dealkylation sites (tertiary alicyclic amines) is 1. The summed E-state index contributed by atoms with van der Waals surface area (Å²) in [5.41, 5.74) is 9.70. The lowest BCUT2D eigenvalue weighted by Crippen LogP contribution is -2.44. The number of hydrogen-bond donors (Lipinski definition) is 1. The van der Waals surface area contributed by atoms with Gasteiger partial charge < -0.3 is 10.5 Å². The molecule has 0 bridgehead atoms. The number of fused-ring (bicyclic) bond motifs is 1. The predicted molar refractivity (Wildman–Crippen MR) is 82.0 cm³/mol. The molecule has 3 rings (SSSR count). The molecule has 2 unspecified atom stereocenters. The SMILES string of the molecule is COc1ccc2c(c1)C(N)C(N1CCC(C)(C)C1)CC2. The number of ether oxygens (including phenoxy) is 1. The van der Waals surface area contributed by atoms with E-state index in [0.29, 0.717) is 11.5 Å². The largest absolute Gasteiger partial charge is 0.497 e. The standard InChI is InChI=1S/C17H26N2O/c1-17(2)8-9-19(11-17)15-7-5-12-4-6-13(20-3)10-14(12)16(15)18/h4,6,10,15-16H,5,7-9,11,18H2,1-3H3. The molecule has 1 fully saturated rings. The van der Waals surface area contributed by atoms with E-state index < -0.39 is 0 Å². The molecular formula is C17H26N2O. The molecule has 0 spiro atoms. The van der Waals surface area contributed by atoms with Gasteiger partial charge in [0.05, 0.1) is 7.11 Å². The molecule has 2 atom stereocenters. The Hall–Kier alpha value is -1.06. The summed E-state index contributed by atoms with van der Waals surface area (Å²) in [4.78, 5) is 2.60. The fraction of sp³-hybridized carbons (Fsp3) is 0.647. The van der Waals surface area contributed by atoms with Gasteiger partial charge in [-0.2, -0.15) is 0 Å². The van der Waals surface area contributed by atoms with Crippen molar-refractivity contribution in [2.45, 2.75) is 45.2 Å². The summed E-state index contributed by atoms with van der Waals surface area (Å²) in [7, 11) is 1.72. The zero-order valence-electron chi connectivity index (χ0n) is 12.9. The highest BCUT2D eigenvalue weighted by Crippen LogP contribution is 2.38. The van der Waals surface area contributed by atoms with Crippen LogP contribution in [0.1, 0.15) is 43.9 Å². The summed E-state index contributed by atoms with van der Waals surface area (Å²) in [6.07, 6.45) is 3.59. The van der Waals surface area contributed by atoms with Crippen molar-refractivity contribution in [3.05, 3.63) is 29.3 Å². The Kier molecular flexibility index (Phi) is 3.51. The van der Waals surface area contributed by atoms with Gasteiger partial charge in [-0.25, -0.2) is 0 Å². The lowest BCUT2D eigenvalue weighted by Gasteiger charge is -2.38. The van der Waals surface area contributed by atoms with Gasteiger partial charge in [0.25, 0.3) is 0 Å². The molecule has 3 nitrogen and oxygen atoms in total. The number of nitrogens with zero attached hydrogens (tertiary/aromatic N) is 1. The van der Waals surface area contributed by atoms with Gasteiger partial charge in [0.2, 0.25) is 0 Å². The average molecular weight is 274 g/mol. The van der Waals surface area contributed by atoms with E-state index in [1.807, 2.05) is 6.07 Å². The van der Waals surface area contributed by atoms with Crippen molar-refractivity contribution >= 4 is 0 Å². The van der Waals surface area contributed by atoms with Crippen LogP contribution in [0.4, 0.5) is 0 Å². The van der Waals surface area contributed by atoms with E-state index in [-0.39, 0.29) is 6.04 Å². The topological polar surface area (TPSA) is 38.5 Å². The lowest BCUT2D eigenvalue weighted by molar-refractivity contribution is 0.173. The molecule has 1 aromatic carbocycles. The van der Waals surface area contributed by atoms with Crippen LogP contribution in [0.3, 0.4) is 0 Å². The molecule has 0 amide bonds. The molecule has 1 aliphatic carbocycles. The summed E-state index contributed by atoms with van der Waals surface area (Å²) in [6, 6.07) is 6.95. The number of methoxy groups -OCH3 is 1. The van der Waals surface area contributed by atoms with Gasteiger partial charge in [-0.05, 0) is 54.5 Å². The third kappa shape index (κ3) is 2.45. The fourth-order valence-electron chi connectivity index (χ4n) is 3.78. The molecule has 0 saturated carbocycles. The van der Waals surface area contributed by atoms with E-state index in [1.54, 1.807) is 7.11 Å². The summed E-state index contributed by atoms with van der Waals surface area (Å²) in [5, 5.41) is 0. The highest BCUT2D eigenvalue weighted by Gasteiger charge is 2.38. The predicted octanol–water partition coefficient (Wildman–Crippen LogP) is 2.74. The number of rotatable bonds is 2. The smallest absolute Gasteiger partial charge is 0.119 e. The van der Waals surface area contributed by atoms with Crippen molar-refractivity contribution in [2.24, 2.45) is 11.1 Å². The maximum absolute atomic E-state index is 6.59. The quantitative estimate of drug-likeness (QED) is 0.901. The van der Waals surface area contributed by atoms with E-state index >= 15 is 0 Å². The highest BCUT2D eigenvalue weighted by molar-refractivity contribution is 5.40. The molecule has 0 radical (unpaired) electrons. The summed E-state index contributed by atoms with van der Waals surface area (Å²) in [6.45, 7) is 7.08. The van der Waals surface area contributed by atoms with Gasteiger partial charge in [0, 0.05) is 18.6 Å². The monoisotopic (exact) mass is 274 g/mol. The first kappa shape index (κ1) is 13.9. The zero-order chi connectivity index (χ0) is 14.3. The molecule has 3 heteroatoms. The molecule has 2 N–H and O–H groups in total. The minimum Gasteiger partial charge on any atom is -0.497 e. The fourth-order valence-corrected chi connectivity index (χ4v) is 3.78. The molecule has 1 aliphatic heterocycles. The molecule has 1 heterocycles. The second-order valence-electron chi connectivity index (χ2n) is 7.08. The summed E-state index contributed by atoms with van der Waals surface area (Å²) in [5.74, 6) is 0.918. The Morgan fingerprint density at radius 3 is 2.80 bits per heavy atom. The van der Waals surface area contributed by atoms with E-state index in [9.17, 15) is 0 Å². The van der Waals surface area contributed by atoms with E-state index in [4.69, 9.17) is 10.5 Å². The average Bonchev–Trinajstić information content (AvgIpc) is 2.79. The third-order valence-electron chi connectivity index (χ3n) is 5.01. The van der Waals surface area contributed by atoms with Crippen molar-refractivity contribution in [3.63, 3.8) is 0 Å². The Balaban J connectivity index is 1.83. The first-order chi connectivity index (χ1) is 9.50. The summed E-state index contributed by atoms with van der Waals surface area (Å²) < 4.78 is 5.35. The first-order valence-electron chi connectivity index (χ1n) is 7.67. The van der Waals surface area contributed by atoms with Crippen LogP contribution in [0, 0.1) is 5.41 Å². The van der Waals surface area contributed by atoms with Crippen LogP contribution < -0.4 is 10.5 Å². The van der Waals surface area contributed by atoms with Crippen LogP contribution >= 0.6 is 0 Å². The van der Waals surface area contributed by atoms with Crippen LogP contribution in [0.5, 0.6) is 5.75 Å². The second kappa shape index (κ2) is 5.05. The number of nitrogens with two attached hydrogens (primary N) is 1. The minimum atomic E-state index is 0.114. The zero-order valence-corrected chi connectivity index (χ0v) is 12.9. The van der Waals surface area contributed by atoms with Gasteiger partial charge >= 0.3 is 0 Å². The molecule has 110 valence electrons. The third-order valence-corrected chi connectivity index (χ3v) is 5.01. The van der Waals surface area contributed by atoms with Crippen molar-refractivity contribution in [1.29, 1.82) is 0 Å². The number of aryl methyl sites for hydroxylation is 1. The molecule has 0 aromatic heterocycles. The Morgan fingerprint density at radius 1 is 1.35 bits per heavy atom. The van der Waals surface area contributed by atoms with E-state index in [1.165, 1.54) is 37.1 Å². The van der Waals surface area contributed by atoms with Crippen LogP contribution in [0.2, 0.25) is 0 Å². The van der Waals surface area contributed by atoms with Gasteiger partial charge in [-0.3, -0.25) is 4.90 Å². The number of hydrogen-bond acceptors (Lipinski definition) is 3. The Morgan fingerprint density at radius 2 is 2.15 bits per heavy atom. The molecular weight excluding hydrogens is 248 g/mol. The first-order valence-corrected chi connectivity index (χ1v) is 7.67. The van der Waals surface area contributed by atoms with E-state index in [0.717, 1.165) is 12.2 Å². The molecule has 1 aromatic rings. The minimum absolute atomic E-state index is 0.114. The van der Waals surface area contributed by atoms with Crippen molar-refractivity contribution in [1.82, 2.24) is 4.90 Å². The maximum Gasteiger partial charge on any atom is 0.119 e. The van der Waals surface area contributed by atoms with Gasteiger partial charge in [0.15, 0.2) is 0 Å². The second-order valence-corrected chi connectivity index (χ2v) is 7.08. The van der Waals surface area contributed by atoms with Crippen LogP contribution in [0.15, 0.2) is 18.2 Å². The Labute approximate surface area is 122 Å². The summed E-state index contributed by atoms with van der Waals surface area (Å²) >= 11 is 0. The van der Waals surface area contributed by atoms with E-state index in [2.05, 4.69) is 30.9 Å². The molecule has 20 heavy (non-hydrogen) atoms. The molecule has 1 saturated heterocycles. The number of benzene rings is 1. The Bertz CT molecular complexity index is 498. The van der Waals surface area contributed by atoms with Crippen molar-refractivity contribution in [3.8, 4) is 5.75 Å². The van der Waals surface area contributed by atoms with Crippen LogP contribution in [-0.2, 0) is 6.42 Å². The van der Waals surface area contributed by atoms with Gasteiger partial charge in [0.1, 0.15) is 5.75 Å². The van der Waals surface area contributed by atoms with Crippen molar-refractivity contribution in [2.75, 3.05) is 20.2 Å². The molecule has 2 aliphatic rings. The van der Waals surface area contributed by atoms with Gasteiger partial charge in [-0.15, -0.1) is 0 Å². The van der Waals surface area contributed by atoms with Gasteiger partial charge in [-0.1, -0.05) is 19.9 Å². The highest BCUT2D eigenvalue weighted by atomic mass is 16.5. The van der Waals surface area contributed by atoms with Crippen LogP contribution in [0.25, 0.3) is 0 Å². The normalized spacial score (nSPS) is 29.2. The van der Waals surface area contributed by atoms with Crippen molar-refractivity contribution < 1.29 is 4.74 Å². The van der Waals surface area contributed by atoms with Crippen LogP contribution in [-0.4, -0.2) is 31.1 Å². The maximum atomic E-state index is 6.59. The lowest BCUT2D eigenvalue weighted by atomic mass is 9.83.